The lowest BCUT2D eigenvalue weighted by Gasteiger charge is -2.22. The third-order valence-electron chi connectivity index (χ3n) is 3.25. The number of pyridine rings is 1. The summed E-state index contributed by atoms with van der Waals surface area (Å²) in [5, 5.41) is 2.28. The first kappa shape index (κ1) is 15.6. The average molecular weight is 347 g/mol. The number of benzene rings is 1. The molecule has 0 spiro atoms. The van der Waals surface area contributed by atoms with Gasteiger partial charge in [0.1, 0.15) is 11.0 Å². The van der Waals surface area contributed by atoms with Crippen molar-refractivity contribution in [2.24, 2.45) is 0 Å². The minimum atomic E-state index is -0.342. The zero-order chi connectivity index (χ0) is 16.2. The summed E-state index contributed by atoms with van der Waals surface area (Å²) in [4.78, 5) is 19.4. The minimum Gasteiger partial charge on any atom is -0.303 e. The van der Waals surface area contributed by atoms with E-state index in [4.69, 9.17) is 11.6 Å². The summed E-state index contributed by atoms with van der Waals surface area (Å²) in [6.45, 7) is 0.407. The highest BCUT2D eigenvalue weighted by Crippen LogP contribution is 2.22. The van der Waals surface area contributed by atoms with Gasteiger partial charge in [-0.2, -0.15) is 0 Å². The summed E-state index contributed by atoms with van der Waals surface area (Å²) in [7, 11) is 0. The van der Waals surface area contributed by atoms with Gasteiger partial charge >= 0.3 is 0 Å². The average Bonchev–Trinajstić information content (AvgIpc) is 3.07. The molecule has 0 radical (unpaired) electrons. The quantitative estimate of drug-likeness (QED) is 0.637. The first-order chi connectivity index (χ1) is 11.1. The molecule has 1 amide bonds. The number of amides is 1. The Labute approximate surface area is 142 Å². The van der Waals surface area contributed by atoms with Crippen LogP contribution in [0.1, 0.15) is 15.2 Å². The highest BCUT2D eigenvalue weighted by Gasteiger charge is 2.19. The smallest absolute Gasteiger partial charge is 0.260 e. The maximum atomic E-state index is 13.2. The third kappa shape index (κ3) is 3.75. The predicted octanol–water partition coefficient (Wildman–Crippen LogP) is 4.78. The summed E-state index contributed by atoms with van der Waals surface area (Å²) < 4.78 is 13.2. The second-order valence-corrected chi connectivity index (χ2v) is 6.24. The molecule has 0 saturated carbocycles. The molecule has 0 saturated heterocycles. The number of aromatic nitrogens is 1. The van der Waals surface area contributed by atoms with Gasteiger partial charge in [-0.15, -0.1) is 11.3 Å². The van der Waals surface area contributed by atoms with Crippen LogP contribution < -0.4 is 4.90 Å². The molecule has 116 valence electrons. The van der Waals surface area contributed by atoms with E-state index in [0.29, 0.717) is 22.9 Å². The molecule has 0 bridgehead atoms. The highest BCUT2D eigenvalue weighted by atomic mass is 35.5. The molecular formula is C17H12ClFN2OS. The van der Waals surface area contributed by atoms with Crippen LogP contribution in [0.15, 0.2) is 60.1 Å². The Bertz CT molecular complexity index is 788. The van der Waals surface area contributed by atoms with Crippen molar-refractivity contribution in [3.63, 3.8) is 0 Å². The molecule has 0 aliphatic carbocycles. The van der Waals surface area contributed by atoms with Crippen LogP contribution in [-0.4, -0.2) is 10.9 Å². The minimum absolute atomic E-state index is 0.214. The van der Waals surface area contributed by atoms with Gasteiger partial charge < -0.3 is 4.90 Å². The first-order valence-electron chi connectivity index (χ1n) is 6.85. The second kappa shape index (κ2) is 6.89. The van der Waals surface area contributed by atoms with E-state index in [-0.39, 0.29) is 11.7 Å². The number of anilines is 1. The number of carbonyl (C=O) groups excluding carboxylic acids is 1. The second-order valence-electron chi connectivity index (χ2n) is 4.82. The van der Waals surface area contributed by atoms with Gasteiger partial charge in [0.15, 0.2) is 0 Å². The van der Waals surface area contributed by atoms with E-state index in [0.717, 1.165) is 4.88 Å². The van der Waals surface area contributed by atoms with Crippen molar-refractivity contribution >= 4 is 34.5 Å². The lowest BCUT2D eigenvalue weighted by molar-refractivity contribution is 0.0985. The Morgan fingerprint density at radius 3 is 2.57 bits per heavy atom. The SMILES string of the molecule is O=C(c1ccc(Cl)nc1)N(Cc1cccs1)c1ccc(F)cc1. The van der Waals surface area contributed by atoms with Gasteiger partial charge in [0.25, 0.3) is 5.91 Å². The van der Waals surface area contributed by atoms with E-state index in [1.54, 1.807) is 40.5 Å². The van der Waals surface area contributed by atoms with Crippen molar-refractivity contribution in [1.29, 1.82) is 0 Å². The van der Waals surface area contributed by atoms with Crippen LogP contribution >= 0.6 is 22.9 Å². The molecule has 2 heterocycles. The number of hydrogen-bond acceptors (Lipinski definition) is 3. The molecule has 3 rings (SSSR count). The zero-order valence-corrected chi connectivity index (χ0v) is 13.5. The molecule has 2 aromatic heterocycles. The van der Waals surface area contributed by atoms with Gasteiger partial charge in [-0.3, -0.25) is 4.79 Å². The van der Waals surface area contributed by atoms with Crippen molar-refractivity contribution in [1.82, 2.24) is 4.98 Å². The van der Waals surface area contributed by atoms with Crippen LogP contribution in [0, 0.1) is 5.82 Å². The molecule has 0 N–H and O–H groups in total. The van der Waals surface area contributed by atoms with E-state index in [9.17, 15) is 9.18 Å². The van der Waals surface area contributed by atoms with Crippen LogP contribution in [-0.2, 0) is 6.54 Å². The Hall–Kier alpha value is -2.24. The van der Waals surface area contributed by atoms with Gasteiger partial charge in [0.2, 0.25) is 0 Å². The van der Waals surface area contributed by atoms with E-state index >= 15 is 0 Å². The molecule has 0 atom stereocenters. The maximum absolute atomic E-state index is 13.2. The number of thiophene rings is 1. The highest BCUT2D eigenvalue weighted by molar-refractivity contribution is 7.09. The summed E-state index contributed by atoms with van der Waals surface area (Å²) in [5.74, 6) is -0.556. The summed E-state index contributed by atoms with van der Waals surface area (Å²) in [6, 6.07) is 12.9. The Balaban J connectivity index is 1.95. The zero-order valence-electron chi connectivity index (χ0n) is 11.9. The molecule has 3 nitrogen and oxygen atoms in total. The third-order valence-corrected chi connectivity index (χ3v) is 4.34. The van der Waals surface area contributed by atoms with Gasteiger partial charge in [-0.25, -0.2) is 9.37 Å². The normalized spacial score (nSPS) is 10.5. The molecule has 0 aliphatic heterocycles. The Morgan fingerprint density at radius 1 is 1.17 bits per heavy atom. The predicted molar refractivity (Wildman–Crippen MR) is 90.5 cm³/mol. The van der Waals surface area contributed by atoms with E-state index in [1.807, 2.05) is 17.5 Å². The fourth-order valence-electron chi connectivity index (χ4n) is 2.12. The van der Waals surface area contributed by atoms with E-state index < -0.39 is 0 Å². The van der Waals surface area contributed by atoms with Crippen LogP contribution in [0.2, 0.25) is 5.15 Å². The summed E-state index contributed by atoms with van der Waals surface area (Å²) in [5.41, 5.74) is 1.05. The standard InChI is InChI=1S/C17H12ClFN2OS/c18-16-8-3-12(10-20-16)17(22)21(11-15-2-1-9-23-15)14-6-4-13(19)5-7-14/h1-10H,11H2. The monoisotopic (exact) mass is 346 g/mol. The number of rotatable bonds is 4. The summed E-state index contributed by atoms with van der Waals surface area (Å²) in [6.07, 6.45) is 1.44. The lowest BCUT2D eigenvalue weighted by Crippen LogP contribution is -2.30. The molecule has 23 heavy (non-hydrogen) atoms. The topological polar surface area (TPSA) is 33.2 Å². The molecule has 1 aromatic carbocycles. The van der Waals surface area contributed by atoms with Crippen LogP contribution in [0.4, 0.5) is 10.1 Å². The molecular weight excluding hydrogens is 335 g/mol. The molecule has 3 aromatic rings. The van der Waals surface area contributed by atoms with Crippen molar-refractivity contribution in [2.45, 2.75) is 6.54 Å². The first-order valence-corrected chi connectivity index (χ1v) is 8.10. The molecule has 0 fully saturated rings. The fraction of sp³-hybridized carbons (Fsp3) is 0.0588. The number of nitrogens with zero attached hydrogens (tertiary/aromatic N) is 2. The number of carbonyl (C=O) groups is 1. The van der Waals surface area contributed by atoms with E-state index in [1.165, 1.54) is 18.3 Å². The van der Waals surface area contributed by atoms with Gasteiger partial charge in [0.05, 0.1) is 12.1 Å². The molecule has 6 heteroatoms. The maximum Gasteiger partial charge on any atom is 0.260 e. The Kier molecular flexibility index (Phi) is 4.69. The van der Waals surface area contributed by atoms with Crippen molar-refractivity contribution < 1.29 is 9.18 Å². The number of halogens is 2. The lowest BCUT2D eigenvalue weighted by atomic mass is 10.2. The summed E-state index contributed by atoms with van der Waals surface area (Å²) >= 11 is 7.33. The van der Waals surface area contributed by atoms with Gasteiger partial charge in [-0.05, 0) is 47.8 Å². The van der Waals surface area contributed by atoms with E-state index in [2.05, 4.69) is 4.98 Å². The van der Waals surface area contributed by atoms with Gasteiger partial charge in [0, 0.05) is 16.8 Å². The van der Waals surface area contributed by atoms with Crippen molar-refractivity contribution in [3.05, 3.63) is 81.5 Å². The Morgan fingerprint density at radius 2 is 1.96 bits per heavy atom. The van der Waals surface area contributed by atoms with Crippen LogP contribution in [0.25, 0.3) is 0 Å². The van der Waals surface area contributed by atoms with Crippen LogP contribution in [0.5, 0.6) is 0 Å². The van der Waals surface area contributed by atoms with Crippen molar-refractivity contribution in [3.8, 4) is 0 Å². The van der Waals surface area contributed by atoms with Crippen molar-refractivity contribution in [2.75, 3.05) is 4.90 Å². The largest absolute Gasteiger partial charge is 0.303 e. The van der Waals surface area contributed by atoms with Gasteiger partial charge in [-0.1, -0.05) is 17.7 Å². The molecule has 0 unspecified atom stereocenters. The molecule has 0 aliphatic rings. The number of hydrogen-bond donors (Lipinski definition) is 0. The van der Waals surface area contributed by atoms with Crippen LogP contribution in [0.3, 0.4) is 0 Å². The fourth-order valence-corrected chi connectivity index (χ4v) is 2.92.